The second-order valence-electron chi connectivity index (χ2n) is 6.31. The van der Waals surface area contributed by atoms with Gasteiger partial charge in [0.15, 0.2) is 12.3 Å². The van der Waals surface area contributed by atoms with Crippen molar-refractivity contribution in [1.29, 1.82) is 0 Å². The molecule has 0 aliphatic heterocycles. The average molecular weight is 409 g/mol. The Hall–Kier alpha value is -4.08. The summed E-state index contributed by atoms with van der Waals surface area (Å²) in [6.07, 6.45) is -0.0310. The van der Waals surface area contributed by atoms with E-state index >= 15 is 0 Å². The molecule has 4 rings (SSSR count). The van der Waals surface area contributed by atoms with Crippen LogP contribution >= 0.6 is 0 Å². The Balaban J connectivity index is 1.23. The lowest BCUT2D eigenvalue weighted by Crippen LogP contribution is -2.27. The maximum absolute atomic E-state index is 13.0. The van der Waals surface area contributed by atoms with E-state index in [0.29, 0.717) is 10.9 Å². The Morgan fingerprint density at radius 1 is 1.13 bits per heavy atom. The molecule has 0 spiro atoms. The molecule has 0 bridgehead atoms. The minimum Gasteiger partial charge on any atom is -0.457 e. The summed E-state index contributed by atoms with van der Waals surface area (Å²) < 4.78 is 23.1. The van der Waals surface area contributed by atoms with Crippen LogP contribution in [0.15, 0.2) is 53.1 Å². The van der Waals surface area contributed by atoms with Crippen LogP contribution in [0.1, 0.15) is 22.7 Å². The second kappa shape index (κ2) is 8.52. The molecule has 2 aromatic heterocycles. The lowest BCUT2D eigenvalue weighted by Gasteiger charge is -2.04. The van der Waals surface area contributed by atoms with Crippen LogP contribution in [0, 0.1) is 5.82 Å². The van der Waals surface area contributed by atoms with Gasteiger partial charge in [0.1, 0.15) is 5.82 Å². The van der Waals surface area contributed by atoms with Gasteiger partial charge in [0, 0.05) is 17.5 Å². The van der Waals surface area contributed by atoms with E-state index in [4.69, 9.17) is 9.26 Å². The van der Waals surface area contributed by atoms with Gasteiger partial charge in [-0.1, -0.05) is 23.4 Å². The topological polar surface area (TPSA) is 123 Å². The predicted octanol–water partition coefficient (Wildman–Crippen LogP) is 2.62. The Kier molecular flexibility index (Phi) is 5.46. The van der Waals surface area contributed by atoms with Gasteiger partial charge in [-0.2, -0.15) is 10.1 Å². The van der Waals surface area contributed by atoms with Gasteiger partial charge < -0.3 is 14.6 Å². The van der Waals surface area contributed by atoms with Crippen LogP contribution in [-0.2, 0) is 16.1 Å². The number of esters is 1. The first-order chi connectivity index (χ1) is 14.6. The summed E-state index contributed by atoms with van der Waals surface area (Å²) in [7, 11) is 0. The highest BCUT2D eigenvalue weighted by Gasteiger charge is 2.15. The lowest BCUT2D eigenvalue weighted by atomic mass is 10.2. The summed E-state index contributed by atoms with van der Waals surface area (Å²) in [6.45, 7) is -0.0899. The summed E-state index contributed by atoms with van der Waals surface area (Å²) in [5.74, 6) is -0.924. The third kappa shape index (κ3) is 4.32. The van der Waals surface area contributed by atoms with Crippen molar-refractivity contribution >= 4 is 22.8 Å². The molecule has 0 saturated heterocycles. The van der Waals surface area contributed by atoms with Crippen molar-refractivity contribution in [3.8, 4) is 11.5 Å². The molecule has 0 atom stereocenters. The number of aromatic nitrogens is 4. The van der Waals surface area contributed by atoms with Gasteiger partial charge in [0.25, 0.3) is 11.8 Å². The van der Waals surface area contributed by atoms with E-state index in [0.717, 1.165) is 5.52 Å². The van der Waals surface area contributed by atoms with Crippen LogP contribution in [0.2, 0.25) is 0 Å². The number of carbonyl (C=O) groups is 2. The van der Waals surface area contributed by atoms with Gasteiger partial charge in [-0.25, -0.2) is 4.39 Å². The second-order valence-corrected chi connectivity index (χ2v) is 6.31. The highest BCUT2D eigenvalue weighted by atomic mass is 19.1. The summed E-state index contributed by atoms with van der Waals surface area (Å²) >= 11 is 0. The quantitative estimate of drug-likeness (QED) is 0.450. The van der Waals surface area contributed by atoms with E-state index in [1.54, 1.807) is 6.07 Å². The SMILES string of the molecule is O=C(CCNC(=O)c1n[nH]c2ccccc12)OCc1noc(-c2ccc(F)cc2)n1. The number of fused-ring (bicyclic) bond motifs is 1. The predicted molar refractivity (Wildman–Crippen MR) is 103 cm³/mol. The highest BCUT2D eigenvalue weighted by molar-refractivity contribution is 6.04. The van der Waals surface area contributed by atoms with Crippen molar-refractivity contribution < 1.29 is 23.2 Å². The average Bonchev–Trinajstić information content (AvgIpc) is 3.40. The van der Waals surface area contributed by atoms with Crippen molar-refractivity contribution in [3.63, 3.8) is 0 Å². The van der Waals surface area contributed by atoms with Gasteiger partial charge in [-0.05, 0) is 30.3 Å². The molecule has 0 fully saturated rings. The first-order valence-corrected chi connectivity index (χ1v) is 9.05. The zero-order chi connectivity index (χ0) is 20.9. The number of nitrogens with one attached hydrogen (secondary N) is 2. The van der Waals surface area contributed by atoms with E-state index < -0.39 is 5.97 Å². The van der Waals surface area contributed by atoms with E-state index in [2.05, 4.69) is 25.7 Å². The lowest BCUT2D eigenvalue weighted by molar-refractivity contribution is -0.145. The third-order valence-electron chi connectivity index (χ3n) is 4.22. The monoisotopic (exact) mass is 409 g/mol. The van der Waals surface area contributed by atoms with Crippen molar-refractivity contribution in [2.45, 2.75) is 13.0 Å². The van der Waals surface area contributed by atoms with Gasteiger partial charge in [-0.15, -0.1) is 0 Å². The Morgan fingerprint density at radius 2 is 1.93 bits per heavy atom. The van der Waals surface area contributed by atoms with Crippen molar-refractivity contribution in [3.05, 3.63) is 65.9 Å². The highest BCUT2D eigenvalue weighted by Crippen LogP contribution is 2.17. The number of hydrogen-bond acceptors (Lipinski definition) is 7. The number of nitrogens with zero attached hydrogens (tertiary/aromatic N) is 3. The fourth-order valence-corrected chi connectivity index (χ4v) is 2.74. The van der Waals surface area contributed by atoms with Crippen LogP contribution in [0.3, 0.4) is 0 Å². The zero-order valence-electron chi connectivity index (χ0n) is 15.6. The van der Waals surface area contributed by atoms with Gasteiger partial charge in [0.05, 0.1) is 11.9 Å². The summed E-state index contributed by atoms with van der Waals surface area (Å²) in [5.41, 5.74) is 1.57. The fourth-order valence-electron chi connectivity index (χ4n) is 2.74. The smallest absolute Gasteiger partial charge is 0.308 e. The molecule has 2 heterocycles. The minimum atomic E-state index is -0.532. The summed E-state index contributed by atoms with van der Waals surface area (Å²) in [6, 6.07) is 12.8. The van der Waals surface area contributed by atoms with E-state index in [1.165, 1.54) is 24.3 Å². The molecule has 1 amide bonds. The molecule has 0 aliphatic carbocycles. The van der Waals surface area contributed by atoms with E-state index in [1.807, 2.05) is 18.2 Å². The number of carbonyl (C=O) groups excluding carboxylic acids is 2. The molecule has 0 aliphatic rings. The number of para-hydroxylation sites is 1. The Morgan fingerprint density at radius 3 is 2.77 bits per heavy atom. The van der Waals surface area contributed by atoms with Gasteiger partial charge >= 0.3 is 5.97 Å². The van der Waals surface area contributed by atoms with Crippen LogP contribution in [0.4, 0.5) is 4.39 Å². The number of rotatable bonds is 7. The molecular weight excluding hydrogens is 393 g/mol. The molecule has 2 aromatic carbocycles. The van der Waals surface area contributed by atoms with Crippen molar-refractivity contribution in [1.82, 2.24) is 25.7 Å². The van der Waals surface area contributed by atoms with Gasteiger partial charge in [-0.3, -0.25) is 14.7 Å². The minimum absolute atomic E-state index is 0.0310. The number of benzene rings is 2. The molecule has 0 radical (unpaired) electrons. The summed E-state index contributed by atoms with van der Waals surface area (Å²) in [5, 5.41) is 13.8. The largest absolute Gasteiger partial charge is 0.457 e. The first kappa shape index (κ1) is 19.2. The number of hydrogen-bond donors (Lipinski definition) is 2. The molecule has 30 heavy (non-hydrogen) atoms. The number of amides is 1. The van der Waals surface area contributed by atoms with Gasteiger partial charge in [0.2, 0.25) is 5.82 Å². The van der Waals surface area contributed by atoms with Crippen molar-refractivity contribution in [2.75, 3.05) is 6.54 Å². The van der Waals surface area contributed by atoms with E-state index in [9.17, 15) is 14.0 Å². The molecule has 4 aromatic rings. The number of H-pyrrole nitrogens is 1. The molecular formula is C20H16FN5O4. The van der Waals surface area contributed by atoms with Crippen LogP contribution < -0.4 is 5.32 Å². The molecule has 152 valence electrons. The van der Waals surface area contributed by atoms with Crippen LogP contribution in [0.5, 0.6) is 0 Å². The third-order valence-corrected chi connectivity index (χ3v) is 4.22. The molecule has 2 N–H and O–H groups in total. The van der Waals surface area contributed by atoms with E-state index in [-0.39, 0.29) is 48.7 Å². The molecule has 0 saturated carbocycles. The normalized spacial score (nSPS) is 10.8. The first-order valence-electron chi connectivity index (χ1n) is 9.05. The molecule has 0 unspecified atom stereocenters. The maximum atomic E-state index is 13.0. The zero-order valence-corrected chi connectivity index (χ0v) is 15.6. The van der Waals surface area contributed by atoms with Crippen LogP contribution in [-0.4, -0.2) is 38.8 Å². The fraction of sp³-hybridized carbons (Fsp3) is 0.150. The molecule has 9 nitrogen and oxygen atoms in total. The van der Waals surface area contributed by atoms with Crippen molar-refractivity contribution in [2.24, 2.45) is 0 Å². The Bertz CT molecular complexity index is 1190. The number of aromatic amines is 1. The van der Waals surface area contributed by atoms with Crippen LogP contribution in [0.25, 0.3) is 22.4 Å². The summed E-state index contributed by atoms with van der Waals surface area (Å²) in [4.78, 5) is 28.2. The standard InChI is InChI=1S/C20H16FN5O4/c21-13-7-5-12(6-8-13)20-23-16(26-30-20)11-29-17(27)9-10-22-19(28)18-14-3-1-2-4-15(14)24-25-18/h1-8H,9-11H2,(H,22,28)(H,24,25). The maximum Gasteiger partial charge on any atom is 0.308 e. The number of halogens is 1. The Labute approximate surface area is 169 Å². The molecule has 10 heteroatoms. The number of ether oxygens (including phenoxy) is 1.